The van der Waals surface area contributed by atoms with E-state index >= 15 is 0 Å². The molecule has 0 bridgehead atoms. The highest BCUT2D eigenvalue weighted by Crippen LogP contribution is 2.32. The molecule has 0 saturated carbocycles. The van der Waals surface area contributed by atoms with Crippen molar-refractivity contribution in [2.75, 3.05) is 7.11 Å². The Bertz CT molecular complexity index is 1030. The van der Waals surface area contributed by atoms with E-state index in [-0.39, 0.29) is 5.97 Å². The summed E-state index contributed by atoms with van der Waals surface area (Å²) in [5.74, 6) is 0.332. The van der Waals surface area contributed by atoms with Gasteiger partial charge in [0.15, 0.2) is 0 Å². The molecular formula is C19H13NO3. The summed E-state index contributed by atoms with van der Waals surface area (Å²) in [6, 6.07) is 17.0. The van der Waals surface area contributed by atoms with E-state index in [9.17, 15) is 4.79 Å². The summed E-state index contributed by atoms with van der Waals surface area (Å²) < 4.78 is 10.8. The Morgan fingerprint density at radius 2 is 1.96 bits per heavy atom. The molecule has 0 radical (unpaired) electrons. The van der Waals surface area contributed by atoms with Gasteiger partial charge in [0, 0.05) is 22.5 Å². The Kier molecular flexibility index (Phi) is 3.08. The second-order valence-corrected chi connectivity index (χ2v) is 5.24. The van der Waals surface area contributed by atoms with Gasteiger partial charge in [0.2, 0.25) is 0 Å². The van der Waals surface area contributed by atoms with E-state index in [1.807, 2.05) is 42.5 Å². The van der Waals surface area contributed by atoms with Gasteiger partial charge in [-0.1, -0.05) is 24.3 Å². The highest BCUT2D eigenvalue weighted by Gasteiger charge is 2.12. The SMILES string of the molecule is COC(=O)c1cccc(-c2cc3cnc4ccccc4c3o2)c1. The van der Waals surface area contributed by atoms with Gasteiger partial charge in [-0.2, -0.15) is 0 Å². The molecule has 0 aliphatic rings. The molecule has 0 saturated heterocycles. The van der Waals surface area contributed by atoms with Crippen molar-refractivity contribution in [3.05, 3.63) is 66.4 Å². The van der Waals surface area contributed by atoms with E-state index in [2.05, 4.69) is 4.98 Å². The van der Waals surface area contributed by atoms with Gasteiger partial charge in [-0.25, -0.2) is 4.79 Å². The van der Waals surface area contributed by atoms with Gasteiger partial charge in [-0.05, 0) is 30.3 Å². The number of nitrogens with zero attached hydrogens (tertiary/aromatic N) is 1. The van der Waals surface area contributed by atoms with Crippen molar-refractivity contribution >= 4 is 27.8 Å². The molecule has 2 heterocycles. The van der Waals surface area contributed by atoms with E-state index in [0.29, 0.717) is 11.3 Å². The summed E-state index contributed by atoms with van der Waals surface area (Å²) in [6.45, 7) is 0. The number of furan rings is 1. The minimum absolute atomic E-state index is 0.366. The lowest BCUT2D eigenvalue weighted by molar-refractivity contribution is 0.0601. The first-order chi connectivity index (χ1) is 11.3. The highest BCUT2D eigenvalue weighted by atomic mass is 16.5. The third kappa shape index (κ3) is 2.25. The lowest BCUT2D eigenvalue weighted by Crippen LogP contribution is -2.00. The number of benzene rings is 2. The third-order valence-electron chi connectivity index (χ3n) is 3.82. The number of methoxy groups -OCH3 is 1. The van der Waals surface area contributed by atoms with E-state index in [0.717, 1.165) is 27.4 Å². The van der Waals surface area contributed by atoms with Crippen molar-refractivity contribution in [3.63, 3.8) is 0 Å². The number of aromatic nitrogens is 1. The van der Waals surface area contributed by atoms with Crippen molar-refractivity contribution in [1.82, 2.24) is 4.98 Å². The average molecular weight is 303 g/mol. The second-order valence-electron chi connectivity index (χ2n) is 5.24. The van der Waals surface area contributed by atoms with E-state index < -0.39 is 0 Å². The number of carbonyl (C=O) groups excluding carboxylic acids is 1. The molecular weight excluding hydrogens is 290 g/mol. The number of para-hydroxylation sites is 1. The van der Waals surface area contributed by atoms with E-state index in [4.69, 9.17) is 9.15 Å². The summed E-state index contributed by atoms with van der Waals surface area (Å²) in [6.07, 6.45) is 1.80. The van der Waals surface area contributed by atoms with Gasteiger partial charge < -0.3 is 9.15 Å². The van der Waals surface area contributed by atoms with Gasteiger partial charge in [0.1, 0.15) is 11.3 Å². The Morgan fingerprint density at radius 3 is 2.83 bits per heavy atom. The third-order valence-corrected chi connectivity index (χ3v) is 3.82. The maximum absolute atomic E-state index is 11.7. The van der Waals surface area contributed by atoms with Crippen molar-refractivity contribution < 1.29 is 13.9 Å². The first kappa shape index (κ1) is 13.5. The zero-order valence-electron chi connectivity index (χ0n) is 12.4. The Labute approximate surface area is 132 Å². The first-order valence-corrected chi connectivity index (χ1v) is 7.22. The number of esters is 1. The van der Waals surface area contributed by atoms with Crippen LogP contribution < -0.4 is 0 Å². The molecule has 112 valence electrons. The molecule has 0 amide bonds. The van der Waals surface area contributed by atoms with Crippen LogP contribution in [0, 0.1) is 0 Å². The number of rotatable bonds is 2. The number of hydrogen-bond donors (Lipinski definition) is 0. The summed E-state index contributed by atoms with van der Waals surface area (Å²) in [5.41, 5.74) is 3.01. The van der Waals surface area contributed by atoms with Crippen molar-refractivity contribution in [2.45, 2.75) is 0 Å². The maximum atomic E-state index is 11.7. The number of hydrogen-bond acceptors (Lipinski definition) is 4. The van der Waals surface area contributed by atoms with Gasteiger partial charge in [-0.15, -0.1) is 0 Å². The molecule has 2 aromatic heterocycles. The molecule has 23 heavy (non-hydrogen) atoms. The van der Waals surface area contributed by atoms with Crippen LogP contribution >= 0.6 is 0 Å². The molecule has 2 aromatic carbocycles. The van der Waals surface area contributed by atoms with Crippen LogP contribution in [0.1, 0.15) is 10.4 Å². The molecule has 0 N–H and O–H groups in total. The molecule has 0 fully saturated rings. The zero-order valence-corrected chi connectivity index (χ0v) is 12.4. The van der Waals surface area contributed by atoms with Crippen LogP contribution in [0.4, 0.5) is 0 Å². The topological polar surface area (TPSA) is 52.3 Å². The summed E-state index contributed by atoms with van der Waals surface area (Å²) in [4.78, 5) is 16.1. The molecule has 4 heteroatoms. The fraction of sp³-hybridized carbons (Fsp3) is 0.0526. The average Bonchev–Trinajstić information content (AvgIpc) is 3.06. The fourth-order valence-electron chi connectivity index (χ4n) is 2.69. The van der Waals surface area contributed by atoms with E-state index in [1.54, 1.807) is 18.3 Å². The zero-order chi connectivity index (χ0) is 15.8. The van der Waals surface area contributed by atoms with E-state index in [1.165, 1.54) is 7.11 Å². The van der Waals surface area contributed by atoms with Crippen LogP contribution in [0.25, 0.3) is 33.2 Å². The molecule has 0 unspecified atom stereocenters. The monoisotopic (exact) mass is 303 g/mol. The standard InChI is InChI=1S/C19H13NO3/c1-22-19(21)13-6-4-5-12(9-13)17-10-14-11-20-16-8-3-2-7-15(16)18(14)23-17/h2-11H,1H3. The predicted molar refractivity (Wildman–Crippen MR) is 88.3 cm³/mol. The predicted octanol–water partition coefficient (Wildman–Crippen LogP) is 4.43. The van der Waals surface area contributed by atoms with Crippen LogP contribution in [0.3, 0.4) is 0 Å². The van der Waals surface area contributed by atoms with Crippen molar-refractivity contribution in [3.8, 4) is 11.3 Å². The molecule has 0 spiro atoms. The normalized spacial score (nSPS) is 11.0. The van der Waals surface area contributed by atoms with Crippen LogP contribution in [0.2, 0.25) is 0 Å². The maximum Gasteiger partial charge on any atom is 0.337 e. The van der Waals surface area contributed by atoms with Crippen LogP contribution in [0.5, 0.6) is 0 Å². The number of carbonyl (C=O) groups is 1. The summed E-state index contributed by atoms with van der Waals surface area (Å²) in [5, 5.41) is 1.91. The number of pyridine rings is 1. The first-order valence-electron chi connectivity index (χ1n) is 7.22. The fourth-order valence-corrected chi connectivity index (χ4v) is 2.69. The van der Waals surface area contributed by atoms with Crippen molar-refractivity contribution in [1.29, 1.82) is 0 Å². The Balaban J connectivity index is 1.90. The van der Waals surface area contributed by atoms with Gasteiger partial charge in [0.05, 0.1) is 18.2 Å². The number of fused-ring (bicyclic) bond motifs is 3. The Hall–Kier alpha value is -3.14. The quantitative estimate of drug-likeness (QED) is 0.514. The van der Waals surface area contributed by atoms with Crippen LogP contribution in [-0.2, 0) is 4.74 Å². The van der Waals surface area contributed by atoms with Gasteiger partial charge in [0.25, 0.3) is 0 Å². The van der Waals surface area contributed by atoms with Crippen LogP contribution in [0.15, 0.2) is 65.2 Å². The smallest absolute Gasteiger partial charge is 0.337 e. The second kappa shape index (κ2) is 5.25. The summed E-state index contributed by atoms with van der Waals surface area (Å²) >= 11 is 0. The summed E-state index contributed by atoms with van der Waals surface area (Å²) in [7, 11) is 1.37. The highest BCUT2D eigenvalue weighted by molar-refractivity contribution is 6.03. The number of ether oxygens (including phenoxy) is 1. The lowest BCUT2D eigenvalue weighted by atomic mass is 10.1. The van der Waals surface area contributed by atoms with Crippen molar-refractivity contribution in [2.24, 2.45) is 0 Å². The molecule has 0 aliphatic heterocycles. The molecule has 0 atom stereocenters. The molecule has 4 aromatic rings. The van der Waals surface area contributed by atoms with Gasteiger partial charge in [-0.3, -0.25) is 4.98 Å². The minimum Gasteiger partial charge on any atom is -0.465 e. The molecule has 4 rings (SSSR count). The minimum atomic E-state index is -0.366. The van der Waals surface area contributed by atoms with Gasteiger partial charge >= 0.3 is 5.97 Å². The lowest BCUT2D eigenvalue weighted by Gasteiger charge is -2.01. The molecule has 4 nitrogen and oxygen atoms in total. The van der Waals surface area contributed by atoms with Crippen LogP contribution in [-0.4, -0.2) is 18.1 Å². The largest absolute Gasteiger partial charge is 0.465 e. The Morgan fingerprint density at radius 1 is 1.09 bits per heavy atom. The molecule has 0 aliphatic carbocycles.